The molecule has 210 valence electrons. The Balaban J connectivity index is 1.23. The number of unbranched alkanes of at least 4 members (excludes halogenated alkanes) is 5. The van der Waals surface area contributed by atoms with E-state index in [1.807, 2.05) is 31.2 Å². The Kier molecular flexibility index (Phi) is 10.8. The predicted octanol–water partition coefficient (Wildman–Crippen LogP) is 10.2. The van der Waals surface area contributed by atoms with Gasteiger partial charge in [-0.1, -0.05) is 74.9 Å². The van der Waals surface area contributed by atoms with Crippen LogP contribution < -0.4 is 9.47 Å². The molecule has 0 unspecified atom stereocenters. The lowest BCUT2D eigenvalue weighted by Crippen LogP contribution is -2.20. The summed E-state index contributed by atoms with van der Waals surface area (Å²) >= 11 is 0. The van der Waals surface area contributed by atoms with Crippen LogP contribution in [0, 0.1) is 30.3 Å². The minimum atomic E-state index is -0.956. The van der Waals surface area contributed by atoms with Gasteiger partial charge in [-0.05, 0) is 80.2 Å². The molecule has 0 aliphatic heterocycles. The number of hydrogen-bond donors (Lipinski definition) is 0. The molecule has 5 heteroatoms. The van der Waals surface area contributed by atoms with E-state index < -0.39 is 11.6 Å². The summed E-state index contributed by atoms with van der Waals surface area (Å²) in [5.74, 6) is -1.15. The second-order valence-corrected chi connectivity index (χ2v) is 10.9. The highest BCUT2D eigenvalue weighted by atomic mass is 19.2. The van der Waals surface area contributed by atoms with Crippen molar-refractivity contribution >= 4 is 0 Å². The first-order chi connectivity index (χ1) is 19.0. The minimum Gasteiger partial charge on any atom is -0.493 e. The lowest BCUT2D eigenvalue weighted by molar-refractivity contribution is 0.192. The summed E-state index contributed by atoms with van der Waals surface area (Å²) in [7, 11) is 0. The van der Waals surface area contributed by atoms with Gasteiger partial charge in [-0.3, -0.25) is 0 Å². The Bertz CT molecular complexity index is 1180. The van der Waals surface area contributed by atoms with E-state index in [9.17, 15) is 13.2 Å². The fourth-order valence-electron chi connectivity index (χ4n) is 5.45. The number of aryl methyl sites for hydroxylation is 1. The van der Waals surface area contributed by atoms with E-state index in [0.29, 0.717) is 24.5 Å². The van der Waals surface area contributed by atoms with E-state index in [2.05, 4.69) is 6.92 Å². The maximum atomic E-state index is 14.9. The van der Waals surface area contributed by atoms with E-state index in [0.717, 1.165) is 49.7 Å². The summed E-state index contributed by atoms with van der Waals surface area (Å²) in [5, 5.41) is 0. The largest absolute Gasteiger partial charge is 0.493 e. The number of benzene rings is 3. The van der Waals surface area contributed by atoms with Crippen LogP contribution in [0.2, 0.25) is 0 Å². The predicted molar refractivity (Wildman–Crippen MR) is 152 cm³/mol. The van der Waals surface area contributed by atoms with Gasteiger partial charge in [0.2, 0.25) is 5.82 Å². The topological polar surface area (TPSA) is 18.5 Å². The van der Waals surface area contributed by atoms with Crippen molar-refractivity contribution in [2.75, 3.05) is 13.2 Å². The zero-order chi connectivity index (χ0) is 27.6. The molecule has 39 heavy (non-hydrogen) atoms. The number of halogens is 3. The van der Waals surface area contributed by atoms with Crippen molar-refractivity contribution in [1.82, 2.24) is 0 Å². The highest BCUT2D eigenvalue weighted by molar-refractivity contribution is 5.65. The normalized spacial score (nSPS) is 17.3. The third-order valence-electron chi connectivity index (χ3n) is 7.91. The maximum absolute atomic E-state index is 14.9. The third-order valence-corrected chi connectivity index (χ3v) is 7.91. The molecular weight excluding hydrogens is 497 g/mol. The fourth-order valence-corrected chi connectivity index (χ4v) is 5.45. The van der Waals surface area contributed by atoms with Crippen LogP contribution in [-0.4, -0.2) is 13.2 Å². The van der Waals surface area contributed by atoms with Crippen molar-refractivity contribution in [3.63, 3.8) is 0 Å². The van der Waals surface area contributed by atoms with Gasteiger partial charge in [0.05, 0.1) is 13.2 Å². The molecule has 0 N–H and O–H groups in total. The van der Waals surface area contributed by atoms with Gasteiger partial charge in [-0.2, -0.15) is 4.39 Å². The van der Waals surface area contributed by atoms with Crippen LogP contribution in [0.1, 0.15) is 88.2 Å². The molecule has 1 fully saturated rings. The molecule has 0 spiro atoms. The summed E-state index contributed by atoms with van der Waals surface area (Å²) in [6.45, 7) is 5.10. The van der Waals surface area contributed by atoms with Crippen LogP contribution in [-0.2, 0) is 0 Å². The zero-order valence-electron chi connectivity index (χ0n) is 23.3. The molecule has 0 amide bonds. The molecule has 1 aliphatic rings. The van der Waals surface area contributed by atoms with Crippen molar-refractivity contribution in [3.05, 3.63) is 83.2 Å². The molecule has 4 rings (SSSR count). The number of ether oxygens (including phenoxy) is 2. The van der Waals surface area contributed by atoms with E-state index in [4.69, 9.17) is 9.47 Å². The Labute approximate surface area is 231 Å². The lowest BCUT2D eigenvalue weighted by Gasteiger charge is -2.29. The molecule has 3 aromatic carbocycles. The average Bonchev–Trinajstić information content (AvgIpc) is 2.94. The fraction of sp³-hybridized carbons (Fsp3) is 0.471. The molecule has 0 atom stereocenters. The van der Waals surface area contributed by atoms with Gasteiger partial charge in [0.1, 0.15) is 11.6 Å². The molecule has 0 bridgehead atoms. The van der Waals surface area contributed by atoms with Crippen molar-refractivity contribution in [2.24, 2.45) is 5.92 Å². The summed E-state index contributed by atoms with van der Waals surface area (Å²) in [4.78, 5) is 0. The molecule has 0 saturated heterocycles. The Morgan fingerprint density at radius 1 is 0.744 bits per heavy atom. The van der Waals surface area contributed by atoms with E-state index in [1.54, 1.807) is 18.2 Å². The third kappa shape index (κ3) is 8.03. The van der Waals surface area contributed by atoms with Crippen LogP contribution in [0.5, 0.6) is 11.5 Å². The summed E-state index contributed by atoms with van der Waals surface area (Å²) in [5.41, 5.74) is 2.65. The van der Waals surface area contributed by atoms with E-state index >= 15 is 0 Å². The maximum Gasteiger partial charge on any atom is 0.201 e. The van der Waals surface area contributed by atoms with Crippen LogP contribution in [0.25, 0.3) is 11.1 Å². The molecule has 2 nitrogen and oxygen atoms in total. The van der Waals surface area contributed by atoms with Crippen LogP contribution in [0.4, 0.5) is 13.2 Å². The zero-order valence-corrected chi connectivity index (χ0v) is 23.3. The molecule has 0 aromatic heterocycles. The first-order valence-electron chi connectivity index (χ1n) is 14.6. The van der Waals surface area contributed by atoms with Crippen molar-refractivity contribution in [1.29, 1.82) is 0 Å². The van der Waals surface area contributed by atoms with Crippen LogP contribution >= 0.6 is 0 Å². The quantitative estimate of drug-likeness (QED) is 0.202. The van der Waals surface area contributed by atoms with Crippen LogP contribution in [0.3, 0.4) is 0 Å². The van der Waals surface area contributed by atoms with Crippen molar-refractivity contribution in [2.45, 2.75) is 84.0 Å². The number of rotatable bonds is 13. The Hall–Kier alpha value is -2.95. The number of hydrogen-bond acceptors (Lipinski definition) is 2. The monoisotopic (exact) mass is 538 g/mol. The summed E-state index contributed by atoms with van der Waals surface area (Å²) < 4.78 is 55.9. The highest BCUT2D eigenvalue weighted by Gasteiger charge is 2.26. The SMILES string of the molecule is CCCCCCCCOc1ccc(C2CCC(COc3ccc(-c4ccc(C)cc4)c(F)c3F)CC2)c(F)c1. The molecule has 0 heterocycles. The molecule has 0 radical (unpaired) electrons. The Morgan fingerprint density at radius 3 is 2.18 bits per heavy atom. The van der Waals surface area contributed by atoms with Crippen molar-refractivity contribution < 1.29 is 22.6 Å². The molecular formula is C34H41F3O2. The molecule has 1 aliphatic carbocycles. The van der Waals surface area contributed by atoms with Gasteiger partial charge in [0, 0.05) is 11.6 Å². The minimum absolute atomic E-state index is 0.0620. The second kappa shape index (κ2) is 14.4. The second-order valence-electron chi connectivity index (χ2n) is 10.9. The molecule has 1 saturated carbocycles. The Morgan fingerprint density at radius 2 is 1.46 bits per heavy atom. The standard InChI is InChI=1S/C34H41F3O2/c1-3-4-5-6-7-8-21-38-28-17-18-29(31(35)22-28)26-15-11-25(12-16-26)23-39-32-20-19-30(33(36)34(32)37)27-13-9-24(2)10-14-27/h9-10,13-14,17-20,22,25-26H,3-8,11-12,15-16,21,23H2,1-2H3. The van der Waals surface area contributed by atoms with Gasteiger partial charge in [-0.25, -0.2) is 8.78 Å². The van der Waals surface area contributed by atoms with Gasteiger partial charge in [-0.15, -0.1) is 0 Å². The van der Waals surface area contributed by atoms with Gasteiger partial charge >= 0.3 is 0 Å². The van der Waals surface area contributed by atoms with E-state index in [1.165, 1.54) is 37.8 Å². The molecule has 3 aromatic rings. The van der Waals surface area contributed by atoms with Crippen molar-refractivity contribution in [3.8, 4) is 22.6 Å². The first kappa shape index (κ1) is 29.0. The highest BCUT2D eigenvalue weighted by Crippen LogP contribution is 2.38. The summed E-state index contributed by atoms with van der Waals surface area (Å²) in [6, 6.07) is 15.6. The van der Waals surface area contributed by atoms with Crippen LogP contribution in [0.15, 0.2) is 54.6 Å². The van der Waals surface area contributed by atoms with E-state index in [-0.39, 0.29) is 29.0 Å². The van der Waals surface area contributed by atoms with Gasteiger partial charge < -0.3 is 9.47 Å². The smallest absolute Gasteiger partial charge is 0.201 e. The lowest BCUT2D eigenvalue weighted by atomic mass is 9.79. The van der Waals surface area contributed by atoms with Gasteiger partial charge in [0.25, 0.3) is 0 Å². The summed E-state index contributed by atoms with van der Waals surface area (Å²) in [6.07, 6.45) is 10.5. The average molecular weight is 539 g/mol. The van der Waals surface area contributed by atoms with Gasteiger partial charge in [0.15, 0.2) is 11.6 Å². The first-order valence-corrected chi connectivity index (χ1v) is 14.6.